The maximum absolute atomic E-state index is 13.1. The maximum atomic E-state index is 13.1. The van der Waals surface area contributed by atoms with Crippen LogP contribution in [0.3, 0.4) is 0 Å². The Labute approximate surface area is 239 Å². The van der Waals surface area contributed by atoms with Crippen molar-refractivity contribution < 1.29 is 9.59 Å². The van der Waals surface area contributed by atoms with Gasteiger partial charge in [0, 0.05) is 31.4 Å². The van der Waals surface area contributed by atoms with E-state index in [1.807, 2.05) is 45.1 Å². The normalized spacial score (nSPS) is 17.4. The minimum atomic E-state index is -0.260. The Morgan fingerprint density at radius 1 is 0.615 bits per heavy atom. The minimum absolute atomic E-state index is 0.0997. The number of allylic oxidation sites excluding steroid dienone is 10. The molecule has 39 heavy (non-hydrogen) atoms. The molecule has 0 spiro atoms. The van der Waals surface area contributed by atoms with Crippen LogP contribution in [0.5, 0.6) is 0 Å². The van der Waals surface area contributed by atoms with Gasteiger partial charge in [-0.25, -0.2) is 0 Å². The molecule has 2 heterocycles. The van der Waals surface area contributed by atoms with Gasteiger partial charge in [-0.3, -0.25) is 9.59 Å². The maximum Gasteiger partial charge on any atom is 0.185 e. The molecule has 1 aromatic carbocycles. The standard InChI is InChI=1S/C35H32O2S2/c1-21-17-25(18-22(2)33(21)36)32(28-13-10-16-38-28)30-15-14-29(39-30)31(24-11-8-7-9-12-24)26-19-23(3)34(37)27(20-26)35(4,5)6/h7-20H,1-6H3/b31-26-. The van der Waals surface area contributed by atoms with E-state index in [0.717, 1.165) is 59.9 Å². The average molecular weight is 549 g/mol. The molecule has 0 atom stereocenters. The Kier molecular flexibility index (Phi) is 7.28. The fraction of sp³-hybridized carbons (Fsp3) is 0.200. The first kappa shape index (κ1) is 27.0. The van der Waals surface area contributed by atoms with Gasteiger partial charge in [0.05, 0.1) is 0 Å². The van der Waals surface area contributed by atoms with Gasteiger partial charge in [0.2, 0.25) is 0 Å². The van der Waals surface area contributed by atoms with Crippen LogP contribution in [0.25, 0.3) is 11.1 Å². The lowest BCUT2D eigenvalue weighted by Crippen LogP contribution is -2.21. The predicted octanol–water partition coefficient (Wildman–Crippen LogP) is 9.39. The second-order valence-corrected chi connectivity index (χ2v) is 13.1. The number of Topliss-reactive ketones (excluding diaryl/α,β-unsaturated/α-hetero) is 2. The lowest BCUT2D eigenvalue weighted by atomic mass is 9.77. The van der Waals surface area contributed by atoms with Gasteiger partial charge in [0.1, 0.15) is 0 Å². The fourth-order valence-electron chi connectivity index (χ4n) is 5.06. The third-order valence-corrected chi connectivity index (χ3v) is 9.06. The van der Waals surface area contributed by atoms with Crippen LogP contribution in [0.15, 0.2) is 118 Å². The molecule has 0 radical (unpaired) electrons. The Morgan fingerprint density at radius 3 is 1.74 bits per heavy atom. The van der Waals surface area contributed by atoms with Crippen molar-refractivity contribution >= 4 is 45.4 Å². The number of hydrogen-bond donors (Lipinski definition) is 0. The lowest BCUT2D eigenvalue weighted by Gasteiger charge is -2.26. The van der Waals surface area contributed by atoms with Crippen molar-refractivity contribution in [3.8, 4) is 0 Å². The van der Waals surface area contributed by atoms with Gasteiger partial charge in [-0.05, 0) is 107 Å². The lowest BCUT2D eigenvalue weighted by molar-refractivity contribution is -0.113. The summed E-state index contributed by atoms with van der Waals surface area (Å²) in [6.45, 7) is 12.0. The summed E-state index contributed by atoms with van der Waals surface area (Å²) in [7, 11) is 0. The van der Waals surface area contributed by atoms with Crippen LogP contribution in [0, 0.1) is 5.41 Å². The van der Waals surface area contributed by atoms with E-state index in [1.54, 1.807) is 22.7 Å². The molecular weight excluding hydrogens is 517 g/mol. The van der Waals surface area contributed by atoms with Gasteiger partial charge in [-0.15, -0.1) is 22.7 Å². The minimum Gasteiger partial charge on any atom is -0.289 e. The second-order valence-electron chi connectivity index (χ2n) is 11.1. The van der Waals surface area contributed by atoms with Gasteiger partial charge in [0.25, 0.3) is 0 Å². The zero-order chi connectivity index (χ0) is 27.9. The number of carbonyl (C=O) groups is 2. The summed E-state index contributed by atoms with van der Waals surface area (Å²) in [6, 6.07) is 19.0. The zero-order valence-electron chi connectivity index (χ0n) is 23.2. The van der Waals surface area contributed by atoms with Crippen molar-refractivity contribution in [3.05, 3.63) is 138 Å². The molecule has 0 saturated carbocycles. The third-order valence-electron chi connectivity index (χ3n) is 7.05. The highest BCUT2D eigenvalue weighted by Gasteiger charge is 2.29. The average Bonchev–Trinajstić information content (AvgIpc) is 3.58. The first-order chi connectivity index (χ1) is 18.5. The van der Waals surface area contributed by atoms with Crippen LogP contribution in [0.1, 0.15) is 61.7 Å². The quantitative estimate of drug-likeness (QED) is 0.325. The van der Waals surface area contributed by atoms with Crippen LogP contribution in [0.2, 0.25) is 0 Å². The van der Waals surface area contributed by atoms with Crippen LogP contribution >= 0.6 is 22.7 Å². The van der Waals surface area contributed by atoms with Crippen molar-refractivity contribution in [1.82, 2.24) is 0 Å². The SMILES string of the molecule is CC1=CC(=C(c2cccs2)c2ccc(/C(=C3/C=C(C)C(=O)C(C(C)(C)C)=C3)c3ccccc3)s2)C=C(C)C1=O. The number of thiophene rings is 2. The van der Waals surface area contributed by atoms with E-state index in [-0.39, 0.29) is 17.0 Å². The third kappa shape index (κ3) is 5.32. The molecular formula is C35H32O2S2. The molecule has 2 aromatic heterocycles. The number of hydrogen-bond acceptors (Lipinski definition) is 4. The highest BCUT2D eigenvalue weighted by Crippen LogP contribution is 2.42. The summed E-state index contributed by atoms with van der Waals surface area (Å²) < 4.78 is 0. The molecule has 0 aliphatic heterocycles. The molecule has 0 amide bonds. The van der Waals surface area contributed by atoms with E-state index in [9.17, 15) is 9.59 Å². The number of benzene rings is 1. The summed E-state index contributed by atoms with van der Waals surface area (Å²) in [5.41, 5.74) is 8.34. The van der Waals surface area contributed by atoms with E-state index < -0.39 is 0 Å². The highest BCUT2D eigenvalue weighted by molar-refractivity contribution is 7.15. The molecule has 0 N–H and O–H groups in total. The molecule has 4 heteroatoms. The van der Waals surface area contributed by atoms with E-state index in [2.05, 4.69) is 80.8 Å². The van der Waals surface area contributed by atoms with Crippen LogP contribution in [-0.4, -0.2) is 11.6 Å². The molecule has 0 bridgehead atoms. The van der Waals surface area contributed by atoms with Gasteiger partial charge < -0.3 is 0 Å². The molecule has 3 aromatic rings. The fourth-order valence-corrected chi connectivity index (χ4v) is 7.11. The van der Waals surface area contributed by atoms with E-state index in [1.165, 1.54) is 4.88 Å². The van der Waals surface area contributed by atoms with Gasteiger partial charge in [-0.2, -0.15) is 0 Å². The largest absolute Gasteiger partial charge is 0.289 e. The number of ketones is 2. The van der Waals surface area contributed by atoms with Crippen molar-refractivity contribution in [3.63, 3.8) is 0 Å². The Balaban J connectivity index is 1.75. The second kappa shape index (κ2) is 10.5. The molecule has 196 valence electrons. The summed E-state index contributed by atoms with van der Waals surface area (Å²) in [5, 5.41) is 2.09. The number of rotatable bonds is 4. The predicted molar refractivity (Wildman–Crippen MR) is 166 cm³/mol. The van der Waals surface area contributed by atoms with Crippen LogP contribution in [0.4, 0.5) is 0 Å². The molecule has 2 nitrogen and oxygen atoms in total. The first-order valence-electron chi connectivity index (χ1n) is 13.1. The van der Waals surface area contributed by atoms with E-state index in [4.69, 9.17) is 0 Å². The van der Waals surface area contributed by atoms with Crippen molar-refractivity contribution in [2.45, 2.75) is 41.5 Å². The molecule has 0 unspecified atom stereocenters. The van der Waals surface area contributed by atoms with Crippen molar-refractivity contribution in [2.75, 3.05) is 0 Å². The first-order valence-corrected chi connectivity index (χ1v) is 14.8. The molecule has 0 fully saturated rings. The van der Waals surface area contributed by atoms with Gasteiger partial charge in [0.15, 0.2) is 11.6 Å². The Bertz CT molecular complexity index is 1630. The molecule has 5 rings (SSSR count). The highest BCUT2D eigenvalue weighted by atomic mass is 32.1. The zero-order valence-corrected chi connectivity index (χ0v) is 24.8. The smallest absolute Gasteiger partial charge is 0.185 e. The van der Waals surface area contributed by atoms with Gasteiger partial charge in [-0.1, -0.05) is 57.2 Å². The topological polar surface area (TPSA) is 34.1 Å². The monoisotopic (exact) mass is 548 g/mol. The van der Waals surface area contributed by atoms with Crippen molar-refractivity contribution in [2.24, 2.45) is 5.41 Å². The summed E-state index contributed by atoms with van der Waals surface area (Å²) in [6.07, 6.45) is 8.14. The summed E-state index contributed by atoms with van der Waals surface area (Å²) in [4.78, 5) is 29.0. The van der Waals surface area contributed by atoms with Crippen molar-refractivity contribution in [1.29, 1.82) is 0 Å². The summed E-state index contributed by atoms with van der Waals surface area (Å²) >= 11 is 3.45. The molecule has 2 aliphatic rings. The van der Waals surface area contributed by atoms with E-state index in [0.29, 0.717) is 0 Å². The van der Waals surface area contributed by atoms with Gasteiger partial charge >= 0.3 is 0 Å². The molecule has 2 aliphatic carbocycles. The Hall–Kier alpha value is -3.60. The van der Waals surface area contributed by atoms with Crippen LogP contribution in [-0.2, 0) is 9.59 Å². The number of carbonyl (C=O) groups excluding carboxylic acids is 2. The summed E-state index contributed by atoms with van der Waals surface area (Å²) in [5.74, 6) is 0.217. The molecule has 0 saturated heterocycles. The Morgan fingerprint density at radius 2 is 1.18 bits per heavy atom. The van der Waals surface area contributed by atoms with E-state index >= 15 is 0 Å². The van der Waals surface area contributed by atoms with Crippen LogP contribution < -0.4 is 0 Å².